The molecular formula is C22H28N2O5S. The van der Waals surface area contributed by atoms with Gasteiger partial charge in [0.15, 0.2) is 17.3 Å². The number of morpholine rings is 1. The topological polar surface area (TPSA) is 77.1 Å². The predicted molar refractivity (Wildman–Crippen MR) is 116 cm³/mol. The van der Waals surface area contributed by atoms with Crippen LogP contribution in [0.25, 0.3) is 0 Å². The maximum atomic E-state index is 12.4. The lowest BCUT2D eigenvalue weighted by Gasteiger charge is -2.35. The first-order valence-electron chi connectivity index (χ1n) is 9.99. The number of methoxy groups -OCH3 is 2. The van der Waals surface area contributed by atoms with E-state index in [2.05, 4.69) is 10.2 Å². The second-order valence-electron chi connectivity index (χ2n) is 6.98. The summed E-state index contributed by atoms with van der Waals surface area (Å²) in [6.07, 6.45) is 0.392. The molecule has 1 amide bonds. The van der Waals surface area contributed by atoms with Gasteiger partial charge in [-0.2, -0.15) is 0 Å². The van der Waals surface area contributed by atoms with Crippen molar-refractivity contribution in [3.63, 3.8) is 0 Å². The first-order valence-corrected chi connectivity index (χ1v) is 10.9. The maximum Gasteiger partial charge on any atom is 0.220 e. The van der Waals surface area contributed by atoms with E-state index < -0.39 is 0 Å². The van der Waals surface area contributed by atoms with Gasteiger partial charge in [0, 0.05) is 32.5 Å². The van der Waals surface area contributed by atoms with Crippen LogP contribution in [0.15, 0.2) is 35.7 Å². The number of nitrogens with zero attached hydrogens (tertiary/aromatic N) is 1. The third-order valence-corrected chi connectivity index (χ3v) is 6.06. The normalized spacial score (nSPS) is 15.4. The number of hydrogen-bond donors (Lipinski definition) is 1. The summed E-state index contributed by atoms with van der Waals surface area (Å²) in [7, 11) is 3.21. The lowest BCUT2D eigenvalue weighted by molar-refractivity contribution is -0.121. The van der Waals surface area contributed by atoms with Gasteiger partial charge in [0.25, 0.3) is 0 Å². The molecular weight excluding hydrogens is 404 g/mol. The molecule has 0 aliphatic carbocycles. The minimum absolute atomic E-state index is 0.00442. The van der Waals surface area contributed by atoms with Crippen molar-refractivity contribution in [2.45, 2.75) is 18.9 Å². The molecule has 1 aliphatic rings. The van der Waals surface area contributed by atoms with Crippen LogP contribution in [0, 0.1) is 0 Å². The first-order chi connectivity index (χ1) is 14.6. The fourth-order valence-corrected chi connectivity index (χ4v) is 4.19. The van der Waals surface area contributed by atoms with Crippen LogP contribution in [-0.2, 0) is 9.53 Å². The zero-order valence-electron chi connectivity index (χ0n) is 17.4. The third kappa shape index (κ3) is 5.81. The van der Waals surface area contributed by atoms with E-state index >= 15 is 0 Å². The fourth-order valence-electron chi connectivity index (χ4n) is 3.49. The summed E-state index contributed by atoms with van der Waals surface area (Å²) in [4.78, 5) is 27.5. The van der Waals surface area contributed by atoms with Gasteiger partial charge in [-0.25, -0.2) is 0 Å². The summed E-state index contributed by atoms with van der Waals surface area (Å²) in [5.74, 6) is 1.20. The number of ketones is 1. The van der Waals surface area contributed by atoms with Crippen molar-refractivity contribution < 1.29 is 23.8 Å². The molecule has 1 unspecified atom stereocenters. The molecule has 8 heteroatoms. The van der Waals surface area contributed by atoms with Crippen molar-refractivity contribution in [2.75, 3.05) is 47.1 Å². The minimum atomic E-state index is -0.126. The Hall–Kier alpha value is -2.42. The summed E-state index contributed by atoms with van der Waals surface area (Å²) in [5, 5.41) is 4.87. The Morgan fingerprint density at radius 1 is 1.13 bits per heavy atom. The molecule has 1 aliphatic heterocycles. The molecule has 7 nitrogen and oxygen atoms in total. The van der Waals surface area contributed by atoms with E-state index in [-0.39, 0.29) is 30.6 Å². The van der Waals surface area contributed by atoms with Crippen LogP contribution in [0.1, 0.15) is 34.1 Å². The fraction of sp³-hybridized carbons (Fsp3) is 0.455. The first kappa shape index (κ1) is 22.3. The summed E-state index contributed by atoms with van der Waals surface area (Å²) in [5.41, 5.74) is 1.03. The number of benzene rings is 1. The molecule has 0 saturated carbocycles. The van der Waals surface area contributed by atoms with Gasteiger partial charge in [0.2, 0.25) is 5.91 Å². The minimum Gasteiger partial charge on any atom is -0.493 e. The van der Waals surface area contributed by atoms with Crippen LogP contribution in [-0.4, -0.2) is 63.7 Å². The molecule has 30 heavy (non-hydrogen) atoms. The Labute approximate surface area is 180 Å². The number of nitrogens with one attached hydrogen (secondary N) is 1. The molecule has 1 aromatic carbocycles. The number of rotatable bonds is 10. The third-order valence-electron chi connectivity index (χ3n) is 5.15. The SMILES string of the molecule is COc1ccc(C(CNC(=O)CCC(=O)c2cccs2)N2CCOCC2)cc1OC. The van der Waals surface area contributed by atoms with Crippen LogP contribution in [0.2, 0.25) is 0 Å². The second kappa shape index (κ2) is 11.1. The van der Waals surface area contributed by atoms with E-state index in [1.165, 1.54) is 11.3 Å². The highest BCUT2D eigenvalue weighted by molar-refractivity contribution is 7.12. The van der Waals surface area contributed by atoms with Crippen LogP contribution in [0.5, 0.6) is 11.5 Å². The Bertz CT molecular complexity index is 834. The number of amides is 1. The molecule has 2 heterocycles. The molecule has 1 N–H and O–H groups in total. The lowest BCUT2D eigenvalue weighted by atomic mass is 10.0. The Kier molecular flexibility index (Phi) is 8.24. The summed E-state index contributed by atoms with van der Waals surface area (Å²) in [6, 6.07) is 9.43. The Morgan fingerprint density at radius 3 is 2.57 bits per heavy atom. The van der Waals surface area contributed by atoms with Gasteiger partial charge in [0.1, 0.15) is 0 Å². The van der Waals surface area contributed by atoms with Gasteiger partial charge in [-0.3, -0.25) is 14.5 Å². The highest BCUT2D eigenvalue weighted by Gasteiger charge is 2.24. The average Bonchev–Trinajstić information content (AvgIpc) is 3.33. The molecule has 2 aromatic rings. The molecule has 3 rings (SSSR count). The highest BCUT2D eigenvalue weighted by atomic mass is 32.1. The predicted octanol–water partition coefficient (Wildman–Crippen LogP) is 2.92. The van der Waals surface area contributed by atoms with Crippen LogP contribution < -0.4 is 14.8 Å². The number of ether oxygens (including phenoxy) is 3. The lowest BCUT2D eigenvalue weighted by Crippen LogP contribution is -2.43. The zero-order valence-corrected chi connectivity index (χ0v) is 18.2. The van der Waals surface area contributed by atoms with Gasteiger partial charge in [-0.15, -0.1) is 11.3 Å². The molecule has 0 spiro atoms. The van der Waals surface area contributed by atoms with E-state index in [1.807, 2.05) is 29.6 Å². The largest absolute Gasteiger partial charge is 0.493 e. The molecule has 1 fully saturated rings. The van der Waals surface area contributed by atoms with Crippen molar-refractivity contribution in [2.24, 2.45) is 0 Å². The van der Waals surface area contributed by atoms with Gasteiger partial charge in [-0.05, 0) is 29.1 Å². The van der Waals surface area contributed by atoms with E-state index in [0.717, 1.165) is 18.7 Å². The molecule has 0 radical (unpaired) electrons. The standard InChI is InChI=1S/C22H28N2O5S/c1-27-19-7-5-16(14-20(19)28-2)17(24-9-11-29-12-10-24)15-23-22(26)8-6-18(25)21-4-3-13-30-21/h3-5,7,13-14,17H,6,8-12,15H2,1-2H3,(H,23,26). The Morgan fingerprint density at radius 2 is 1.90 bits per heavy atom. The molecule has 162 valence electrons. The number of carbonyl (C=O) groups is 2. The zero-order chi connectivity index (χ0) is 21.3. The van der Waals surface area contributed by atoms with E-state index in [0.29, 0.717) is 36.1 Å². The maximum absolute atomic E-state index is 12.4. The van der Waals surface area contributed by atoms with E-state index in [1.54, 1.807) is 20.3 Å². The van der Waals surface area contributed by atoms with Crippen molar-refractivity contribution in [3.05, 3.63) is 46.2 Å². The van der Waals surface area contributed by atoms with Gasteiger partial charge in [0.05, 0.1) is 38.4 Å². The molecule has 1 aromatic heterocycles. The van der Waals surface area contributed by atoms with Crippen LogP contribution >= 0.6 is 11.3 Å². The number of carbonyl (C=O) groups excluding carboxylic acids is 2. The van der Waals surface area contributed by atoms with E-state index in [9.17, 15) is 9.59 Å². The quantitative estimate of drug-likeness (QED) is 0.582. The van der Waals surface area contributed by atoms with Crippen LogP contribution in [0.3, 0.4) is 0 Å². The van der Waals surface area contributed by atoms with Crippen molar-refractivity contribution in [1.29, 1.82) is 0 Å². The number of hydrogen-bond acceptors (Lipinski definition) is 7. The Balaban J connectivity index is 1.64. The molecule has 1 saturated heterocycles. The monoisotopic (exact) mass is 432 g/mol. The average molecular weight is 433 g/mol. The highest BCUT2D eigenvalue weighted by Crippen LogP contribution is 2.32. The summed E-state index contributed by atoms with van der Waals surface area (Å²) in [6.45, 7) is 3.33. The van der Waals surface area contributed by atoms with Crippen LogP contribution in [0.4, 0.5) is 0 Å². The molecule has 1 atom stereocenters. The smallest absolute Gasteiger partial charge is 0.220 e. The van der Waals surface area contributed by atoms with Crippen molar-refractivity contribution in [1.82, 2.24) is 10.2 Å². The van der Waals surface area contributed by atoms with Crippen molar-refractivity contribution in [3.8, 4) is 11.5 Å². The van der Waals surface area contributed by atoms with Gasteiger partial charge >= 0.3 is 0 Å². The van der Waals surface area contributed by atoms with Gasteiger partial charge in [-0.1, -0.05) is 12.1 Å². The summed E-state index contributed by atoms with van der Waals surface area (Å²) >= 11 is 1.40. The molecule has 0 bridgehead atoms. The number of Topliss-reactive ketones (excluding diaryl/α,β-unsaturated/α-hetero) is 1. The van der Waals surface area contributed by atoms with Gasteiger partial charge < -0.3 is 19.5 Å². The number of thiophene rings is 1. The van der Waals surface area contributed by atoms with E-state index in [4.69, 9.17) is 14.2 Å². The summed E-state index contributed by atoms with van der Waals surface area (Å²) < 4.78 is 16.3. The second-order valence-corrected chi connectivity index (χ2v) is 7.93. The van der Waals surface area contributed by atoms with Crippen molar-refractivity contribution >= 4 is 23.0 Å².